The molecule has 0 radical (unpaired) electrons. The summed E-state index contributed by atoms with van der Waals surface area (Å²) in [5, 5.41) is 7.97. The van der Waals surface area contributed by atoms with E-state index in [1.165, 1.54) is 25.7 Å². The third-order valence-corrected chi connectivity index (χ3v) is 9.14. The van der Waals surface area contributed by atoms with Gasteiger partial charge in [-0.15, -0.1) is 0 Å². The summed E-state index contributed by atoms with van der Waals surface area (Å²) >= 11 is 0. The number of amidine groups is 1. The summed E-state index contributed by atoms with van der Waals surface area (Å²) in [5.74, 6) is 0.400. The molecule has 4 fully saturated rings. The number of carbonyl (C=O) groups is 1. The normalized spacial score (nSPS) is 38.0. The van der Waals surface area contributed by atoms with E-state index >= 15 is 0 Å². The SMILES string of the molecule is CC(C)C1CCC(CN2C(C(=O)N3CCC(F)(F)CC3)CC3CCC(C(=N)N)CC32)CC1. The molecule has 1 amide bonds. The molecule has 32 heavy (non-hydrogen) atoms. The molecule has 2 saturated heterocycles. The molecule has 2 aliphatic heterocycles. The highest BCUT2D eigenvalue weighted by Crippen LogP contribution is 2.44. The van der Waals surface area contributed by atoms with Gasteiger partial charge in [-0.1, -0.05) is 13.8 Å². The molecule has 0 spiro atoms. The average molecular weight is 453 g/mol. The molecule has 3 N–H and O–H groups in total. The predicted molar refractivity (Wildman–Crippen MR) is 123 cm³/mol. The molecule has 182 valence electrons. The number of nitrogens with zero attached hydrogens (tertiary/aromatic N) is 2. The lowest BCUT2D eigenvalue weighted by Gasteiger charge is -2.41. The van der Waals surface area contributed by atoms with Crippen molar-refractivity contribution in [1.29, 1.82) is 5.41 Å². The molecule has 2 saturated carbocycles. The first-order valence-corrected chi connectivity index (χ1v) is 12.9. The van der Waals surface area contributed by atoms with Crippen molar-refractivity contribution < 1.29 is 13.6 Å². The summed E-state index contributed by atoms with van der Waals surface area (Å²) in [6, 6.07) is 0.103. The van der Waals surface area contributed by atoms with Crippen LogP contribution in [0.4, 0.5) is 8.78 Å². The molecule has 2 heterocycles. The van der Waals surface area contributed by atoms with E-state index < -0.39 is 5.92 Å². The lowest BCUT2D eigenvalue weighted by atomic mass is 9.76. The number of hydrogen-bond acceptors (Lipinski definition) is 3. The van der Waals surface area contributed by atoms with E-state index in [1.807, 2.05) is 0 Å². The Hall–Kier alpha value is -1.24. The van der Waals surface area contributed by atoms with Crippen molar-refractivity contribution in [2.75, 3.05) is 19.6 Å². The Labute approximate surface area is 192 Å². The third kappa shape index (κ3) is 5.13. The molecule has 7 heteroatoms. The average Bonchev–Trinajstić information content (AvgIpc) is 3.11. The van der Waals surface area contributed by atoms with Gasteiger partial charge < -0.3 is 10.6 Å². The van der Waals surface area contributed by atoms with Gasteiger partial charge in [-0.05, 0) is 75.0 Å². The lowest BCUT2D eigenvalue weighted by molar-refractivity contribution is -0.142. The van der Waals surface area contributed by atoms with Gasteiger partial charge in [0.25, 0.3) is 5.92 Å². The van der Waals surface area contributed by atoms with Crippen LogP contribution in [-0.2, 0) is 4.79 Å². The first-order chi connectivity index (χ1) is 15.1. The van der Waals surface area contributed by atoms with Gasteiger partial charge >= 0.3 is 0 Å². The standard InChI is InChI=1S/C25H42F2N4O/c1-16(2)18-5-3-17(4-6-18)15-31-21-14-20(23(28)29)8-7-19(21)13-22(31)24(32)30-11-9-25(26,27)10-12-30/h16-22H,3-15H2,1-2H3,(H3,28,29). The fraction of sp³-hybridized carbons (Fsp3) is 0.920. The minimum Gasteiger partial charge on any atom is -0.387 e. The number of amides is 1. The maximum Gasteiger partial charge on any atom is 0.251 e. The molecule has 4 unspecified atom stereocenters. The predicted octanol–water partition coefficient (Wildman–Crippen LogP) is 4.50. The highest BCUT2D eigenvalue weighted by atomic mass is 19.3. The molecule has 5 nitrogen and oxygen atoms in total. The number of rotatable bonds is 5. The summed E-state index contributed by atoms with van der Waals surface area (Å²) in [4.78, 5) is 17.7. The smallest absolute Gasteiger partial charge is 0.251 e. The molecule has 0 aromatic heterocycles. The number of alkyl halides is 2. The maximum atomic E-state index is 13.7. The van der Waals surface area contributed by atoms with Crippen LogP contribution < -0.4 is 5.73 Å². The topological polar surface area (TPSA) is 73.4 Å². The third-order valence-electron chi connectivity index (χ3n) is 9.14. The molecule has 0 aromatic rings. The van der Waals surface area contributed by atoms with E-state index in [0.717, 1.165) is 44.1 Å². The van der Waals surface area contributed by atoms with E-state index in [1.54, 1.807) is 4.90 Å². The van der Waals surface area contributed by atoms with Gasteiger partial charge in [0.1, 0.15) is 0 Å². The molecule has 0 aromatic carbocycles. The van der Waals surface area contributed by atoms with Gasteiger partial charge in [-0.2, -0.15) is 0 Å². The van der Waals surface area contributed by atoms with E-state index in [4.69, 9.17) is 11.1 Å². The number of nitrogens with two attached hydrogens (primary N) is 1. The fourth-order valence-corrected chi connectivity index (χ4v) is 6.93. The Bertz CT molecular complexity index is 681. The summed E-state index contributed by atoms with van der Waals surface area (Å²) in [7, 11) is 0. The van der Waals surface area contributed by atoms with Gasteiger partial charge in [0.2, 0.25) is 5.91 Å². The maximum absolute atomic E-state index is 13.7. The van der Waals surface area contributed by atoms with Gasteiger partial charge in [0, 0.05) is 44.4 Å². The second-order valence-corrected chi connectivity index (χ2v) is 11.4. The molecule has 4 aliphatic rings. The van der Waals surface area contributed by atoms with Gasteiger partial charge in [-0.3, -0.25) is 15.1 Å². The molecule has 0 bridgehead atoms. The van der Waals surface area contributed by atoms with Gasteiger partial charge in [0.05, 0.1) is 11.9 Å². The van der Waals surface area contributed by atoms with Crippen LogP contribution >= 0.6 is 0 Å². The fourth-order valence-electron chi connectivity index (χ4n) is 6.93. The first-order valence-electron chi connectivity index (χ1n) is 12.9. The second kappa shape index (κ2) is 9.55. The molecular weight excluding hydrogens is 410 g/mol. The summed E-state index contributed by atoms with van der Waals surface area (Å²) in [6.07, 6.45) is 8.15. The van der Waals surface area contributed by atoms with Crippen LogP contribution in [0.3, 0.4) is 0 Å². The number of nitrogens with one attached hydrogen (secondary N) is 1. The quantitative estimate of drug-likeness (QED) is 0.476. The molecule has 4 rings (SSSR count). The Morgan fingerprint density at radius 2 is 1.72 bits per heavy atom. The van der Waals surface area contributed by atoms with Crippen LogP contribution in [0.25, 0.3) is 0 Å². The number of piperidine rings is 1. The molecular formula is C25H42F2N4O. The largest absolute Gasteiger partial charge is 0.387 e. The minimum atomic E-state index is -2.64. The van der Waals surface area contributed by atoms with E-state index in [-0.39, 0.29) is 49.6 Å². The van der Waals surface area contributed by atoms with Crippen LogP contribution in [0.2, 0.25) is 0 Å². The van der Waals surface area contributed by atoms with Crippen LogP contribution in [0, 0.1) is 35.0 Å². The number of hydrogen-bond donors (Lipinski definition) is 2. The second-order valence-electron chi connectivity index (χ2n) is 11.4. The van der Waals surface area contributed by atoms with Gasteiger partial charge in [0.15, 0.2) is 0 Å². The zero-order valence-corrected chi connectivity index (χ0v) is 19.9. The monoisotopic (exact) mass is 452 g/mol. The Morgan fingerprint density at radius 3 is 2.31 bits per heavy atom. The Kier molecular flexibility index (Phi) is 7.14. The number of carbonyl (C=O) groups excluding carboxylic acids is 1. The van der Waals surface area contributed by atoms with Crippen LogP contribution in [0.15, 0.2) is 0 Å². The van der Waals surface area contributed by atoms with Gasteiger partial charge in [-0.25, -0.2) is 8.78 Å². The van der Waals surface area contributed by atoms with E-state index in [9.17, 15) is 13.6 Å². The van der Waals surface area contributed by atoms with E-state index in [0.29, 0.717) is 17.9 Å². The summed E-state index contributed by atoms with van der Waals surface area (Å²) < 4.78 is 27.3. The summed E-state index contributed by atoms with van der Waals surface area (Å²) in [5.41, 5.74) is 5.88. The number of halogens is 2. The Balaban J connectivity index is 1.47. The van der Waals surface area contributed by atoms with Crippen molar-refractivity contribution in [3.05, 3.63) is 0 Å². The highest BCUT2D eigenvalue weighted by molar-refractivity contribution is 5.83. The van der Waals surface area contributed by atoms with Crippen molar-refractivity contribution >= 4 is 11.7 Å². The number of fused-ring (bicyclic) bond motifs is 1. The van der Waals surface area contributed by atoms with Crippen molar-refractivity contribution in [3.63, 3.8) is 0 Å². The molecule has 2 aliphatic carbocycles. The van der Waals surface area contributed by atoms with E-state index in [2.05, 4.69) is 18.7 Å². The van der Waals surface area contributed by atoms with Crippen molar-refractivity contribution in [1.82, 2.24) is 9.80 Å². The minimum absolute atomic E-state index is 0.0603. The van der Waals surface area contributed by atoms with Crippen molar-refractivity contribution in [2.45, 2.75) is 96.1 Å². The highest BCUT2D eigenvalue weighted by Gasteiger charge is 2.49. The van der Waals surface area contributed by atoms with Crippen LogP contribution in [0.5, 0.6) is 0 Å². The molecule has 4 atom stereocenters. The zero-order valence-electron chi connectivity index (χ0n) is 19.9. The van der Waals surface area contributed by atoms with Crippen LogP contribution in [-0.4, -0.2) is 59.2 Å². The first kappa shape index (κ1) is 23.9. The Morgan fingerprint density at radius 1 is 1.06 bits per heavy atom. The van der Waals surface area contributed by atoms with Crippen molar-refractivity contribution in [2.24, 2.45) is 35.3 Å². The lowest BCUT2D eigenvalue weighted by Crippen LogP contribution is -2.53. The van der Waals surface area contributed by atoms with Crippen molar-refractivity contribution in [3.8, 4) is 0 Å². The zero-order chi connectivity index (χ0) is 23.0. The summed E-state index contributed by atoms with van der Waals surface area (Å²) in [6.45, 7) is 5.90. The number of likely N-dealkylation sites (tertiary alicyclic amines) is 2. The van der Waals surface area contributed by atoms with Crippen LogP contribution in [0.1, 0.15) is 78.1 Å².